The molecule has 0 fully saturated rings. The van der Waals surface area contributed by atoms with Crippen LogP contribution >= 0.6 is 0 Å². The van der Waals surface area contributed by atoms with Crippen LogP contribution in [-0.4, -0.2) is 30.8 Å². The lowest BCUT2D eigenvalue weighted by molar-refractivity contribution is 0.0950. The standard InChI is InChI=1S/C16H14N4O3/c1-22-15-10-12(5-6-14(15)23-9-7-17)11-19-20-16(21)13-4-2-3-8-18-13/h2-6,8,10-11H,9H2,1H3,(H,20,21)/b19-11-. The van der Waals surface area contributed by atoms with Crippen LogP contribution in [0.5, 0.6) is 11.5 Å². The van der Waals surface area contributed by atoms with Crippen molar-refractivity contribution in [2.45, 2.75) is 0 Å². The summed E-state index contributed by atoms with van der Waals surface area (Å²) in [4.78, 5) is 15.7. The predicted octanol–water partition coefficient (Wildman–Crippen LogP) is 1.76. The molecule has 0 atom stereocenters. The number of rotatable bonds is 6. The maximum Gasteiger partial charge on any atom is 0.289 e. The molecule has 1 amide bonds. The third-order valence-electron chi connectivity index (χ3n) is 2.76. The Balaban J connectivity index is 2.02. The minimum atomic E-state index is -0.400. The summed E-state index contributed by atoms with van der Waals surface area (Å²) in [6, 6.07) is 12.0. The molecule has 1 N–H and O–H groups in total. The van der Waals surface area contributed by atoms with Crippen molar-refractivity contribution >= 4 is 12.1 Å². The van der Waals surface area contributed by atoms with E-state index in [-0.39, 0.29) is 12.3 Å². The highest BCUT2D eigenvalue weighted by molar-refractivity contribution is 5.93. The number of ether oxygens (including phenoxy) is 2. The summed E-state index contributed by atoms with van der Waals surface area (Å²) < 4.78 is 10.4. The number of carbonyl (C=O) groups excluding carboxylic acids is 1. The van der Waals surface area contributed by atoms with Crippen molar-refractivity contribution in [1.82, 2.24) is 10.4 Å². The molecule has 116 valence electrons. The van der Waals surface area contributed by atoms with Crippen LogP contribution in [0, 0.1) is 11.3 Å². The fraction of sp³-hybridized carbons (Fsp3) is 0.125. The molecule has 1 heterocycles. The van der Waals surface area contributed by atoms with Gasteiger partial charge in [-0.3, -0.25) is 9.78 Å². The van der Waals surface area contributed by atoms with E-state index >= 15 is 0 Å². The van der Waals surface area contributed by atoms with Crippen LogP contribution in [0.2, 0.25) is 0 Å². The Morgan fingerprint density at radius 3 is 2.96 bits per heavy atom. The number of nitrogens with one attached hydrogen (secondary N) is 1. The first kappa shape index (κ1) is 16.0. The van der Waals surface area contributed by atoms with E-state index in [1.54, 1.807) is 36.4 Å². The van der Waals surface area contributed by atoms with Gasteiger partial charge in [0.15, 0.2) is 18.1 Å². The van der Waals surface area contributed by atoms with Gasteiger partial charge < -0.3 is 9.47 Å². The molecule has 0 unspecified atom stereocenters. The van der Waals surface area contributed by atoms with E-state index in [9.17, 15) is 4.79 Å². The molecule has 0 radical (unpaired) electrons. The van der Waals surface area contributed by atoms with Crippen molar-refractivity contribution in [2.75, 3.05) is 13.7 Å². The van der Waals surface area contributed by atoms with Crippen molar-refractivity contribution in [1.29, 1.82) is 5.26 Å². The van der Waals surface area contributed by atoms with E-state index in [0.29, 0.717) is 17.1 Å². The minimum absolute atomic E-state index is 0.0655. The molecule has 7 nitrogen and oxygen atoms in total. The number of hydrogen-bond donors (Lipinski definition) is 1. The molecular formula is C16H14N4O3. The van der Waals surface area contributed by atoms with Crippen LogP contribution in [-0.2, 0) is 0 Å². The predicted molar refractivity (Wildman–Crippen MR) is 83.4 cm³/mol. The number of carbonyl (C=O) groups is 1. The van der Waals surface area contributed by atoms with E-state index in [4.69, 9.17) is 14.7 Å². The van der Waals surface area contributed by atoms with Crippen LogP contribution in [0.25, 0.3) is 0 Å². The van der Waals surface area contributed by atoms with Crippen LogP contribution in [0.1, 0.15) is 16.1 Å². The van der Waals surface area contributed by atoms with Gasteiger partial charge in [0.05, 0.1) is 13.3 Å². The SMILES string of the molecule is COc1cc(/C=N\NC(=O)c2ccccn2)ccc1OCC#N. The second-order valence-electron chi connectivity index (χ2n) is 4.27. The molecule has 0 saturated heterocycles. The number of benzene rings is 1. The number of aromatic nitrogens is 1. The molecule has 0 saturated carbocycles. The fourth-order valence-electron chi connectivity index (χ4n) is 1.71. The third kappa shape index (κ3) is 4.54. The van der Waals surface area contributed by atoms with Crippen LogP contribution in [0.4, 0.5) is 0 Å². The Morgan fingerprint density at radius 2 is 2.26 bits per heavy atom. The van der Waals surface area contributed by atoms with E-state index < -0.39 is 5.91 Å². The molecule has 0 aliphatic heterocycles. The maximum atomic E-state index is 11.8. The van der Waals surface area contributed by atoms with Gasteiger partial charge in [0, 0.05) is 6.20 Å². The summed E-state index contributed by atoms with van der Waals surface area (Å²) in [6.07, 6.45) is 3.00. The zero-order valence-electron chi connectivity index (χ0n) is 12.4. The first-order valence-electron chi connectivity index (χ1n) is 6.67. The summed E-state index contributed by atoms with van der Waals surface area (Å²) in [5.41, 5.74) is 3.37. The lowest BCUT2D eigenvalue weighted by atomic mass is 10.2. The molecular weight excluding hydrogens is 296 g/mol. The molecule has 23 heavy (non-hydrogen) atoms. The lowest BCUT2D eigenvalue weighted by Gasteiger charge is -2.08. The van der Waals surface area contributed by atoms with E-state index in [1.807, 2.05) is 6.07 Å². The van der Waals surface area contributed by atoms with Gasteiger partial charge in [-0.1, -0.05) is 6.07 Å². The summed E-state index contributed by atoms with van der Waals surface area (Å²) in [7, 11) is 1.50. The molecule has 1 aromatic heterocycles. The minimum Gasteiger partial charge on any atom is -0.493 e. The Labute approximate surface area is 133 Å². The summed E-state index contributed by atoms with van der Waals surface area (Å²) in [5.74, 6) is 0.534. The largest absolute Gasteiger partial charge is 0.493 e. The van der Waals surface area contributed by atoms with Crippen molar-refractivity contribution in [2.24, 2.45) is 5.10 Å². The molecule has 0 aliphatic carbocycles. The number of amides is 1. The van der Waals surface area contributed by atoms with Crippen molar-refractivity contribution < 1.29 is 14.3 Å². The smallest absolute Gasteiger partial charge is 0.289 e. The molecule has 2 aromatic rings. The van der Waals surface area contributed by atoms with Crippen LogP contribution in [0.3, 0.4) is 0 Å². The molecule has 7 heteroatoms. The van der Waals surface area contributed by atoms with Gasteiger partial charge in [-0.2, -0.15) is 10.4 Å². The van der Waals surface area contributed by atoms with E-state index in [0.717, 1.165) is 0 Å². The average molecular weight is 310 g/mol. The number of hydrazone groups is 1. The fourth-order valence-corrected chi connectivity index (χ4v) is 1.71. The van der Waals surface area contributed by atoms with E-state index in [1.165, 1.54) is 19.5 Å². The van der Waals surface area contributed by atoms with Gasteiger partial charge in [0.25, 0.3) is 5.91 Å². The van der Waals surface area contributed by atoms with Gasteiger partial charge in [-0.05, 0) is 35.9 Å². The average Bonchev–Trinajstić information content (AvgIpc) is 2.61. The van der Waals surface area contributed by atoms with Crippen molar-refractivity contribution in [3.8, 4) is 17.6 Å². The van der Waals surface area contributed by atoms with E-state index in [2.05, 4.69) is 15.5 Å². The monoisotopic (exact) mass is 310 g/mol. The Kier molecular flexibility index (Phi) is 5.66. The van der Waals surface area contributed by atoms with Crippen LogP contribution < -0.4 is 14.9 Å². The zero-order chi connectivity index (χ0) is 16.5. The number of hydrogen-bond acceptors (Lipinski definition) is 6. The van der Waals surface area contributed by atoms with Crippen LogP contribution in [0.15, 0.2) is 47.7 Å². The second-order valence-corrected chi connectivity index (χ2v) is 4.27. The van der Waals surface area contributed by atoms with Gasteiger partial charge in [-0.25, -0.2) is 5.43 Å². The number of methoxy groups -OCH3 is 1. The van der Waals surface area contributed by atoms with Crippen molar-refractivity contribution in [3.05, 3.63) is 53.9 Å². The number of pyridine rings is 1. The van der Waals surface area contributed by atoms with Gasteiger partial charge in [-0.15, -0.1) is 0 Å². The lowest BCUT2D eigenvalue weighted by Crippen LogP contribution is -2.18. The van der Waals surface area contributed by atoms with Gasteiger partial charge in [0.1, 0.15) is 11.8 Å². The quantitative estimate of drug-likeness (QED) is 0.647. The third-order valence-corrected chi connectivity index (χ3v) is 2.76. The molecule has 0 bridgehead atoms. The zero-order valence-corrected chi connectivity index (χ0v) is 12.4. The normalized spacial score (nSPS) is 10.1. The molecule has 2 rings (SSSR count). The summed E-state index contributed by atoms with van der Waals surface area (Å²) in [6.45, 7) is -0.0655. The first-order valence-corrected chi connectivity index (χ1v) is 6.67. The topological polar surface area (TPSA) is 96.6 Å². The molecule has 0 aliphatic rings. The molecule has 1 aromatic carbocycles. The second kappa shape index (κ2) is 8.14. The Bertz CT molecular complexity index is 739. The highest BCUT2D eigenvalue weighted by atomic mass is 16.5. The summed E-state index contributed by atoms with van der Waals surface area (Å²) >= 11 is 0. The van der Waals surface area contributed by atoms with Gasteiger partial charge >= 0.3 is 0 Å². The maximum absolute atomic E-state index is 11.8. The number of nitrogens with zero attached hydrogens (tertiary/aromatic N) is 3. The molecule has 0 spiro atoms. The Morgan fingerprint density at radius 1 is 1.39 bits per heavy atom. The number of nitriles is 1. The summed E-state index contributed by atoms with van der Waals surface area (Å²) in [5, 5.41) is 12.4. The highest BCUT2D eigenvalue weighted by Crippen LogP contribution is 2.27. The highest BCUT2D eigenvalue weighted by Gasteiger charge is 2.06. The van der Waals surface area contributed by atoms with Gasteiger partial charge in [0.2, 0.25) is 0 Å². The first-order chi connectivity index (χ1) is 11.2. The Hall–Kier alpha value is -3.40. The van der Waals surface area contributed by atoms with Crippen molar-refractivity contribution in [3.63, 3.8) is 0 Å².